The van der Waals surface area contributed by atoms with Crippen LogP contribution in [-0.4, -0.2) is 63.2 Å². The van der Waals surface area contributed by atoms with Crippen LogP contribution in [0.1, 0.15) is 22.7 Å². The smallest absolute Gasteiger partial charge is 0.295 e. The van der Waals surface area contributed by atoms with Gasteiger partial charge >= 0.3 is 0 Å². The largest absolute Gasteiger partial charge is 0.507 e. The molecule has 1 heterocycles. The molecule has 0 bridgehead atoms. The van der Waals surface area contributed by atoms with Gasteiger partial charge in [-0.05, 0) is 48.4 Å². The molecule has 1 fully saturated rings. The van der Waals surface area contributed by atoms with Crippen LogP contribution in [0, 0.1) is 6.92 Å². The molecule has 0 saturated carbocycles. The van der Waals surface area contributed by atoms with E-state index in [-0.39, 0.29) is 24.5 Å². The first-order valence-corrected chi connectivity index (χ1v) is 9.99. The van der Waals surface area contributed by atoms with Crippen LogP contribution in [0.3, 0.4) is 0 Å². The van der Waals surface area contributed by atoms with E-state index in [9.17, 15) is 14.7 Å². The minimum absolute atomic E-state index is 0.0759. The lowest BCUT2D eigenvalue weighted by Crippen LogP contribution is -2.32. The van der Waals surface area contributed by atoms with Crippen LogP contribution in [0.2, 0.25) is 0 Å². The van der Waals surface area contributed by atoms with Crippen molar-refractivity contribution in [3.8, 4) is 5.75 Å². The molecule has 2 aromatic rings. The van der Waals surface area contributed by atoms with Gasteiger partial charge in [-0.2, -0.15) is 0 Å². The topological polar surface area (TPSA) is 79.3 Å². The van der Waals surface area contributed by atoms with Crippen molar-refractivity contribution in [1.29, 1.82) is 0 Å². The summed E-state index contributed by atoms with van der Waals surface area (Å²) in [7, 11) is 6.98. The highest BCUT2D eigenvalue weighted by molar-refractivity contribution is 6.46. The van der Waals surface area contributed by atoms with Crippen molar-refractivity contribution in [3.63, 3.8) is 0 Å². The zero-order valence-corrected chi connectivity index (χ0v) is 18.5. The number of ketones is 1. The first-order valence-electron chi connectivity index (χ1n) is 9.99. The second-order valence-corrected chi connectivity index (χ2v) is 7.65. The molecule has 7 heteroatoms. The van der Waals surface area contributed by atoms with E-state index >= 15 is 0 Å². The van der Waals surface area contributed by atoms with Crippen molar-refractivity contribution in [2.24, 2.45) is 0 Å². The molecule has 1 atom stereocenters. The number of ether oxygens (including phenoxy) is 2. The van der Waals surface area contributed by atoms with E-state index in [1.807, 2.05) is 50.2 Å². The number of anilines is 1. The molecule has 1 amide bonds. The van der Waals surface area contributed by atoms with Crippen molar-refractivity contribution in [1.82, 2.24) is 4.90 Å². The Morgan fingerprint density at radius 1 is 1.10 bits per heavy atom. The minimum atomic E-state index is -0.703. The molecule has 0 aliphatic carbocycles. The van der Waals surface area contributed by atoms with Gasteiger partial charge in [0.1, 0.15) is 11.5 Å². The summed E-state index contributed by atoms with van der Waals surface area (Å²) in [4.78, 5) is 29.3. The number of carbonyl (C=O) groups is 2. The number of hydrogen-bond acceptors (Lipinski definition) is 6. The number of hydrogen-bond donors (Lipinski definition) is 1. The molecule has 0 spiro atoms. The number of methoxy groups -OCH3 is 2. The Bertz CT molecular complexity index is 1010. The molecule has 31 heavy (non-hydrogen) atoms. The number of likely N-dealkylation sites (tertiary alicyclic amines) is 1. The van der Waals surface area contributed by atoms with Gasteiger partial charge in [0.25, 0.3) is 11.7 Å². The third-order valence-electron chi connectivity index (χ3n) is 5.49. The summed E-state index contributed by atoms with van der Waals surface area (Å²) in [6.45, 7) is 2.33. The fourth-order valence-corrected chi connectivity index (χ4v) is 3.78. The minimum Gasteiger partial charge on any atom is -0.507 e. The number of aryl methyl sites for hydroxylation is 1. The Morgan fingerprint density at radius 3 is 2.32 bits per heavy atom. The van der Waals surface area contributed by atoms with Crippen molar-refractivity contribution < 1.29 is 24.2 Å². The number of Topliss-reactive ketones (excluding diaryl/α,β-unsaturated/α-hetero) is 1. The van der Waals surface area contributed by atoms with Gasteiger partial charge in [-0.25, -0.2) is 0 Å². The Balaban J connectivity index is 2.16. The summed E-state index contributed by atoms with van der Waals surface area (Å²) < 4.78 is 10.4. The normalized spacial score (nSPS) is 17.8. The maximum atomic E-state index is 13.0. The second-order valence-electron chi connectivity index (χ2n) is 7.65. The molecule has 0 radical (unpaired) electrons. The predicted molar refractivity (Wildman–Crippen MR) is 119 cm³/mol. The van der Waals surface area contributed by atoms with Crippen molar-refractivity contribution >= 4 is 23.1 Å². The Labute approximate surface area is 182 Å². The van der Waals surface area contributed by atoms with Crippen LogP contribution >= 0.6 is 0 Å². The SMILES string of the molecule is COCCN1C(=O)C(=O)/C(=C(\O)c2ccc(OC)cc2C)C1c1ccc(N(C)C)cc1. The Hall–Kier alpha value is -3.32. The van der Waals surface area contributed by atoms with Gasteiger partial charge in [0.2, 0.25) is 0 Å². The van der Waals surface area contributed by atoms with Crippen molar-refractivity contribution in [2.45, 2.75) is 13.0 Å². The lowest BCUT2D eigenvalue weighted by molar-refractivity contribution is -0.140. The van der Waals surface area contributed by atoms with Crippen LogP contribution in [-0.2, 0) is 14.3 Å². The van der Waals surface area contributed by atoms with Gasteiger partial charge in [0, 0.05) is 39.0 Å². The number of benzene rings is 2. The maximum Gasteiger partial charge on any atom is 0.295 e. The average Bonchev–Trinajstić information content (AvgIpc) is 3.01. The zero-order valence-electron chi connectivity index (χ0n) is 18.5. The van der Waals surface area contributed by atoms with Crippen LogP contribution in [0.25, 0.3) is 5.76 Å². The molecule has 1 unspecified atom stereocenters. The summed E-state index contributed by atoms with van der Waals surface area (Å²) in [5.41, 5.74) is 3.03. The van der Waals surface area contributed by atoms with Gasteiger partial charge < -0.3 is 24.4 Å². The zero-order chi connectivity index (χ0) is 22.7. The van der Waals surface area contributed by atoms with Crippen LogP contribution < -0.4 is 9.64 Å². The van der Waals surface area contributed by atoms with Gasteiger partial charge in [-0.1, -0.05) is 12.1 Å². The quantitative estimate of drug-likeness (QED) is 0.418. The maximum absolute atomic E-state index is 13.0. The fraction of sp³-hybridized carbons (Fsp3) is 0.333. The van der Waals surface area contributed by atoms with E-state index < -0.39 is 17.7 Å². The van der Waals surface area contributed by atoms with E-state index in [4.69, 9.17) is 9.47 Å². The first-order chi connectivity index (χ1) is 14.8. The molecule has 1 N–H and O–H groups in total. The molecule has 1 aliphatic rings. The summed E-state index contributed by atoms with van der Waals surface area (Å²) >= 11 is 0. The number of rotatable bonds is 7. The van der Waals surface area contributed by atoms with Crippen LogP contribution in [0.15, 0.2) is 48.0 Å². The second kappa shape index (κ2) is 9.22. The number of amides is 1. The van der Waals surface area contributed by atoms with E-state index in [1.165, 1.54) is 12.0 Å². The number of carbonyl (C=O) groups excluding carboxylic acids is 2. The average molecular weight is 424 g/mol. The predicted octanol–water partition coefficient (Wildman–Crippen LogP) is 3.14. The fourth-order valence-electron chi connectivity index (χ4n) is 3.78. The van der Waals surface area contributed by atoms with Crippen molar-refractivity contribution in [3.05, 3.63) is 64.7 Å². The van der Waals surface area contributed by atoms with Gasteiger partial charge in [0.05, 0.1) is 25.3 Å². The number of aliphatic hydroxyl groups is 1. The molecule has 0 aromatic heterocycles. The summed E-state index contributed by atoms with van der Waals surface area (Å²) in [6.07, 6.45) is 0. The monoisotopic (exact) mass is 424 g/mol. The molecular weight excluding hydrogens is 396 g/mol. The molecule has 7 nitrogen and oxygen atoms in total. The van der Waals surface area contributed by atoms with E-state index in [0.29, 0.717) is 11.3 Å². The van der Waals surface area contributed by atoms with Crippen molar-refractivity contribution in [2.75, 3.05) is 46.4 Å². The number of nitrogens with zero attached hydrogens (tertiary/aromatic N) is 2. The summed E-state index contributed by atoms with van der Waals surface area (Å²) in [5.74, 6) is -0.900. The highest BCUT2D eigenvalue weighted by Crippen LogP contribution is 2.40. The lowest BCUT2D eigenvalue weighted by atomic mass is 9.93. The molecule has 2 aromatic carbocycles. The van der Waals surface area contributed by atoms with Crippen LogP contribution in [0.5, 0.6) is 5.75 Å². The van der Waals surface area contributed by atoms with E-state index in [2.05, 4.69) is 0 Å². The highest BCUT2D eigenvalue weighted by atomic mass is 16.5. The summed E-state index contributed by atoms with van der Waals surface area (Å²) in [6, 6.07) is 12.1. The third-order valence-corrected chi connectivity index (χ3v) is 5.49. The molecule has 3 rings (SSSR count). The lowest BCUT2D eigenvalue weighted by Gasteiger charge is -2.25. The van der Waals surface area contributed by atoms with Gasteiger partial charge in [-0.15, -0.1) is 0 Å². The Kier molecular flexibility index (Phi) is 6.65. The first kappa shape index (κ1) is 22.4. The molecule has 164 valence electrons. The molecule has 1 saturated heterocycles. The number of aliphatic hydroxyl groups excluding tert-OH is 1. The highest BCUT2D eigenvalue weighted by Gasteiger charge is 2.46. The van der Waals surface area contributed by atoms with E-state index in [1.54, 1.807) is 25.3 Å². The van der Waals surface area contributed by atoms with Crippen LogP contribution in [0.4, 0.5) is 5.69 Å². The van der Waals surface area contributed by atoms with Gasteiger partial charge in [-0.3, -0.25) is 9.59 Å². The van der Waals surface area contributed by atoms with E-state index in [0.717, 1.165) is 16.8 Å². The standard InChI is InChI=1S/C24H28N2O5/c1-15-14-18(31-5)10-11-19(15)22(27)20-21(16-6-8-17(9-7-16)25(2)3)26(12-13-30-4)24(29)23(20)28/h6-11,14,21,27H,12-13H2,1-5H3/b22-20-. The molecule has 1 aliphatic heterocycles. The summed E-state index contributed by atoms with van der Waals surface area (Å²) in [5, 5.41) is 11.2. The molecular formula is C24H28N2O5. The third kappa shape index (κ3) is 4.27. The Morgan fingerprint density at radius 2 is 1.77 bits per heavy atom. The van der Waals surface area contributed by atoms with Gasteiger partial charge in [0.15, 0.2) is 0 Å².